The lowest BCUT2D eigenvalue weighted by Gasteiger charge is -2.23. The van der Waals surface area contributed by atoms with Gasteiger partial charge in [0.25, 0.3) is 5.91 Å². The molecule has 1 amide bonds. The van der Waals surface area contributed by atoms with Crippen LogP contribution in [0.5, 0.6) is 0 Å². The molecule has 0 aliphatic rings. The van der Waals surface area contributed by atoms with Crippen LogP contribution in [0, 0.1) is 5.41 Å². The highest BCUT2D eigenvalue weighted by molar-refractivity contribution is 9.10. The number of amides is 1. The summed E-state index contributed by atoms with van der Waals surface area (Å²) in [7, 11) is 0. The first-order chi connectivity index (χ1) is 8.77. The minimum absolute atomic E-state index is 0.0571. The van der Waals surface area contributed by atoms with E-state index in [-0.39, 0.29) is 18.3 Å². The van der Waals surface area contributed by atoms with E-state index in [1.54, 1.807) is 32.0 Å². The van der Waals surface area contributed by atoms with Gasteiger partial charge in [-0.2, -0.15) is 0 Å². The van der Waals surface area contributed by atoms with Gasteiger partial charge in [0.15, 0.2) is 0 Å². The van der Waals surface area contributed by atoms with Gasteiger partial charge < -0.3 is 16.3 Å². The number of rotatable bonds is 4. The lowest BCUT2D eigenvalue weighted by molar-refractivity contribution is 0.0944. The number of nitrogens with one attached hydrogen (secondary N) is 1. The van der Waals surface area contributed by atoms with Gasteiger partial charge in [-0.25, -0.2) is 0 Å². The molecule has 0 radical (unpaired) electrons. The topological polar surface area (TPSA) is 87.7 Å². The van der Waals surface area contributed by atoms with Crippen molar-refractivity contribution in [2.45, 2.75) is 13.8 Å². The van der Waals surface area contributed by atoms with Gasteiger partial charge in [0.1, 0.15) is 5.84 Å². The number of carbonyl (C=O) groups excluding carboxylic acids is 1. The Morgan fingerprint density at radius 3 is 2.74 bits per heavy atom. The maximum absolute atomic E-state index is 11.9. The Bertz CT molecular complexity index is 518. The summed E-state index contributed by atoms with van der Waals surface area (Å²) in [5.74, 6) is -0.213. The third kappa shape index (κ3) is 4.11. The summed E-state index contributed by atoms with van der Waals surface area (Å²) in [5, 5.41) is 14.8. The average Bonchev–Trinajstić information content (AvgIpc) is 2.38. The van der Waals surface area contributed by atoms with Crippen LogP contribution in [-0.4, -0.2) is 23.5 Å². The van der Waals surface area contributed by atoms with Crippen LogP contribution in [0.25, 0.3) is 0 Å². The van der Waals surface area contributed by atoms with Crippen LogP contribution in [0.4, 0.5) is 0 Å². The largest absolute Gasteiger partial charge is 0.409 e. The summed E-state index contributed by atoms with van der Waals surface area (Å²) >= 11 is 9.18. The second kappa shape index (κ2) is 6.25. The van der Waals surface area contributed by atoms with E-state index in [1.165, 1.54) is 0 Å². The van der Waals surface area contributed by atoms with E-state index >= 15 is 0 Å². The molecular weight excluding hydrogens is 334 g/mol. The average molecular weight is 349 g/mol. The molecule has 1 aromatic rings. The van der Waals surface area contributed by atoms with Gasteiger partial charge in [-0.1, -0.05) is 30.6 Å². The van der Waals surface area contributed by atoms with E-state index in [0.717, 1.165) is 4.47 Å². The van der Waals surface area contributed by atoms with Crippen molar-refractivity contribution in [2.75, 3.05) is 6.54 Å². The molecule has 7 heteroatoms. The van der Waals surface area contributed by atoms with Crippen LogP contribution in [-0.2, 0) is 0 Å². The summed E-state index contributed by atoms with van der Waals surface area (Å²) in [6.07, 6.45) is 0. The molecule has 4 N–H and O–H groups in total. The zero-order valence-corrected chi connectivity index (χ0v) is 12.9. The number of hydrogen-bond acceptors (Lipinski definition) is 3. The first-order valence-corrected chi connectivity index (χ1v) is 6.66. The second-order valence-electron chi connectivity index (χ2n) is 4.68. The van der Waals surface area contributed by atoms with Crippen LogP contribution in [0.3, 0.4) is 0 Å². The minimum Gasteiger partial charge on any atom is -0.409 e. The highest BCUT2D eigenvalue weighted by Gasteiger charge is 2.24. The fourth-order valence-corrected chi connectivity index (χ4v) is 1.69. The summed E-state index contributed by atoms with van der Waals surface area (Å²) in [6.45, 7) is 3.77. The Balaban J connectivity index is 2.73. The molecule has 1 aromatic carbocycles. The van der Waals surface area contributed by atoms with E-state index in [2.05, 4.69) is 26.4 Å². The van der Waals surface area contributed by atoms with Crippen molar-refractivity contribution in [1.29, 1.82) is 0 Å². The zero-order valence-electron chi connectivity index (χ0n) is 10.6. The Labute approximate surface area is 124 Å². The highest BCUT2D eigenvalue weighted by Crippen LogP contribution is 2.23. The maximum atomic E-state index is 11.9. The molecule has 1 rings (SSSR count). The Morgan fingerprint density at radius 1 is 1.58 bits per heavy atom. The van der Waals surface area contributed by atoms with E-state index in [4.69, 9.17) is 22.5 Å². The van der Waals surface area contributed by atoms with Crippen LogP contribution < -0.4 is 11.1 Å². The number of carbonyl (C=O) groups is 1. The molecule has 0 fully saturated rings. The minimum atomic E-state index is -0.635. The second-order valence-corrected chi connectivity index (χ2v) is 5.94. The number of amidine groups is 1. The van der Waals surface area contributed by atoms with Gasteiger partial charge in [0.05, 0.1) is 5.02 Å². The Kier molecular flexibility index (Phi) is 5.20. The molecule has 0 spiro atoms. The molecule has 0 atom stereocenters. The van der Waals surface area contributed by atoms with E-state index < -0.39 is 5.41 Å². The van der Waals surface area contributed by atoms with E-state index in [1.807, 2.05) is 0 Å². The summed E-state index contributed by atoms with van der Waals surface area (Å²) < 4.78 is 0.725. The molecule has 104 valence electrons. The highest BCUT2D eigenvalue weighted by atomic mass is 79.9. The molecule has 0 unspecified atom stereocenters. The molecule has 0 aliphatic heterocycles. The predicted molar refractivity (Wildman–Crippen MR) is 78.7 cm³/mol. The Morgan fingerprint density at radius 2 is 2.21 bits per heavy atom. The summed E-state index contributed by atoms with van der Waals surface area (Å²) in [5.41, 5.74) is 5.35. The monoisotopic (exact) mass is 347 g/mol. The number of nitrogens with zero attached hydrogens (tertiary/aromatic N) is 1. The molecule has 0 saturated heterocycles. The fraction of sp³-hybridized carbons (Fsp3) is 0.333. The van der Waals surface area contributed by atoms with Gasteiger partial charge in [0, 0.05) is 22.0 Å². The zero-order chi connectivity index (χ0) is 14.6. The molecule has 5 nitrogen and oxygen atoms in total. The molecule has 0 saturated carbocycles. The number of benzene rings is 1. The number of halogens is 2. The third-order valence-corrected chi connectivity index (χ3v) is 3.91. The number of oxime groups is 1. The van der Waals surface area contributed by atoms with Crippen LogP contribution >= 0.6 is 27.5 Å². The molecule has 0 aliphatic carbocycles. The van der Waals surface area contributed by atoms with Gasteiger partial charge in [0.2, 0.25) is 0 Å². The first kappa shape index (κ1) is 15.8. The SMILES string of the molecule is CC(C)(CNC(=O)c1ccc(Br)c(Cl)c1)/C(N)=N/O. The van der Waals surface area contributed by atoms with Crippen molar-refractivity contribution in [2.24, 2.45) is 16.3 Å². The fourth-order valence-electron chi connectivity index (χ4n) is 1.27. The molecule has 0 aromatic heterocycles. The molecule has 19 heavy (non-hydrogen) atoms. The first-order valence-electron chi connectivity index (χ1n) is 5.49. The third-order valence-electron chi connectivity index (χ3n) is 2.67. The van der Waals surface area contributed by atoms with Crippen LogP contribution in [0.1, 0.15) is 24.2 Å². The standard InChI is InChI=1S/C12H15BrClN3O2/c1-12(2,11(15)17-19)6-16-10(18)7-3-4-8(13)9(14)5-7/h3-5,19H,6H2,1-2H3,(H2,15,17)(H,16,18). The van der Waals surface area contributed by atoms with Gasteiger partial charge in [-0.3, -0.25) is 4.79 Å². The smallest absolute Gasteiger partial charge is 0.251 e. The van der Waals surface area contributed by atoms with Crippen molar-refractivity contribution < 1.29 is 10.0 Å². The van der Waals surface area contributed by atoms with Gasteiger partial charge in [-0.15, -0.1) is 0 Å². The molecule has 0 heterocycles. The maximum Gasteiger partial charge on any atom is 0.251 e. The van der Waals surface area contributed by atoms with Crippen molar-refractivity contribution >= 4 is 39.3 Å². The van der Waals surface area contributed by atoms with Gasteiger partial charge in [-0.05, 0) is 34.1 Å². The van der Waals surface area contributed by atoms with Crippen molar-refractivity contribution in [3.63, 3.8) is 0 Å². The predicted octanol–water partition coefficient (Wildman–Crippen LogP) is 2.60. The number of nitrogens with two attached hydrogens (primary N) is 1. The van der Waals surface area contributed by atoms with Crippen molar-refractivity contribution in [3.05, 3.63) is 33.3 Å². The van der Waals surface area contributed by atoms with Crippen molar-refractivity contribution in [3.8, 4) is 0 Å². The van der Waals surface area contributed by atoms with E-state index in [0.29, 0.717) is 10.6 Å². The summed E-state index contributed by atoms with van der Waals surface area (Å²) in [4.78, 5) is 11.9. The Hall–Kier alpha value is -1.27. The molecular formula is C12H15BrClN3O2. The lowest BCUT2D eigenvalue weighted by atomic mass is 9.92. The normalized spacial score (nSPS) is 12.3. The summed E-state index contributed by atoms with van der Waals surface area (Å²) in [6, 6.07) is 4.92. The van der Waals surface area contributed by atoms with E-state index in [9.17, 15) is 4.79 Å². The van der Waals surface area contributed by atoms with Crippen LogP contribution in [0.15, 0.2) is 27.8 Å². The van der Waals surface area contributed by atoms with Gasteiger partial charge >= 0.3 is 0 Å². The molecule has 0 bridgehead atoms. The lowest BCUT2D eigenvalue weighted by Crippen LogP contribution is -2.42. The number of hydrogen-bond donors (Lipinski definition) is 3. The van der Waals surface area contributed by atoms with Crippen LogP contribution in [0.2, 0.25) is 5.02 Å². The van der Waals surface area contributed by atoms with Crippen molar-refractivity contribution in [1.82, 2.24) is 5.32 Å². The quantitative estimate of drug-likeness (QED) is 0.338.